The number of benzene rings is 1. The molecule has 0 aromatic heterocycles. The summed E-state index contributed by atoms with van der Waals surface area (Å²) in [5.74, 6) is -1.51. The number of amides is 1. The van der Waals surface area contributed by atoms with Crippen LogP contribution in [0.3, 0.4) is 0 Å². The molecule has 0 aliphatic carbocycles. The van der Waals surface area contributed by atoms with Crippen LogP contribution in [0.15, 0.2) is 24.3 Å². The van der Waals surface area contributed by atoms with Crippen molar-refractivity contribution in [1.29, 1.82) is 0 Å². The van der Waals surface area contributed by atoms with E-state index in [0.717, 1.165) is 0 Å². The maximum absolute atomic E-state index is 12.4. The monoisotopic (exact) mass is 375 g/mol. The summed E-state index contributed by atoms with van der Waals surface area (Å²) in [6.45, 7) is 0.339. The quantitative estimate of drug-likeness (QED) is 0.793. The summed E-state index contributed by atoms with van der Waals surface area (Å²) >= 11 is 0. The Hall–Kier alpha value is -2.29. The average molecular weight is 375 g/mol. The Kier molecular flexibility index (Phi) is 6.47. The molecule has 6 nitrogen and oxygen atoms in total. The van der Waals surface area contributed by atoms with E-state index in [1.54, 1.807) is 0 Å². The molecule has 1 N–H and O–H groups in total. The number of carboxylic acid groups (broad SMARTS) is 1. The van der Waals surface area contributed by atoms with Crippen molar-refractivity contribution in [2.45, 2.75) is 44.2 Å². The van der Waals surface area contributed by atoms with Crippen molar-refractivity contribution in [3.8, 4) is 5.75 Å². The van der Waals surface area contributed by atoms with Crippen molar-refractivity contribution >= 4 is 11.9 Å². The fraction of sp³-hybridized carbons (Fsp3) is 0.529. The molecule has 2 atom stereocenters. The summed E-state index contributed by atoms with van der Waals surface area (Å²) in [7, 11) is 1.51. The van der Waals surface area contributed by atoms with Gasteiger partial charge in [-0.05, 0) is 30.5 Å². The minimum absolute atomic E-state index is 0.131. The number of ether oxygens (including phenoxy) is 2. The van der Waals surface area contributed by atoms with Gasteiger partial charge >= 0.3 is 12.3 Å². The molecule has 9 heteroatoms. The molecule has 1 heterocycles. The highest BCUT2D eigenvalue weighted by atomic mass is 19.4. The van der Waals surface area contributed by atoms with E-state index in [1.165, 1.54) is 36.3 Å². The Bertz CT molecular complexity index is 632. The Labute approximate surface area is 148 Å². The van der Waals surface area contributed by atoms with Crippen molar-refractivity contribution < 1.29 is 37.3 Å². The van der Waals surface area contributed by atoms with E-state index in [0.29, 0.717) is 24.9 Å². The van der Waals surface area contributed by atoms with E-state index in [9.17, 15) is 22.8 Å². The predicted octanol–water partition coefficient (Wildman–Crippen LogP) is 2.61. The zero-order valence-corrected chi connectivity index (χ0v) is 14.2. The molecule has 0 saturated carbocycles. The number of halogens is 3. The maximum atomic E-state index is 12.4. The lowest BCUT2D eigenvalue weighted by molar-refractivity contribution is -0.274. The van der Waals surface area contributed by atoms with E-state index in [2.05, 4.69) is 4.74 Å². The van der Waals surface area contributed by atoms with Gasteiger partial charge in [0.05, 0.1) is 12.5 Å². The molecule has 1 aromatic rings. The van der Waals surface area contributed by atoms with Gasteiger partial charge < -0.3 is 19.5 Å². The number of aliphatic carboxylic acids is 1. The van der Waals surface area contributed by atoms with Crippen molar-refractivity contribution in [2.24, 2.45) is 0 Å². The summed E-state index contributed by atoms with van der Waals surface area (Å²) in [5, 5.41) is 8.98. The van der Waals surface area contributed by atoms with Crippen LogP contribution in [-0.2, 0) is 20.7 Å². The second kappa shape index (κ2) is 8.39. The molecule has 1 aliphatic heterocycles. The Morgan fingerprint density at radius 1 is 1.27 bits per heavy atom. The largest absolute Gasteiger partial charge is 0.573 e. The molecule has 26 heavy (non-hydrogen) atoms. The van der Waals surface area contributed by atoms with Gasteiger partial charge in [-0.2, -0.15) is 0 Å². The first kappa shape index (κ1) is 20.0. The Balaban J connectivity index is 1.91. The number of hydrogen-bond acceptors (Lipinski definition) is 4. The van der Waals surface area contributed by atoms with Crippen molar-refractivity contribution in [1.82, 2.24) is 4.90 Å². The molecule has 1 amide bonds. The third kappa shape index (κ3) is 5.91. The molecular weight excluding hydrogens is 355 g/mol. The SMILES string of the molecule is COC1CC(CC(=O)O)N(C(=O)CCc2ccc(OC(F)(F)F)cc2)C1. The van der Waals surface area contributed by atoms with Crippen LogP contribution in [0, 0.1) is 0 Å². The van der Waals surface area contributed by atoms with Gasteiger partial charge in [0.2, 0.25) is 5.91 Å². The summed E-state index contributed by atoms with van der Waals surface area (Å²) in [5.41, 5.74) is 0.685. The summed E-state index contributed by atoms with van der Waals surface area (Å²) < 4.78 is 45.4. The van der Waals surface area contributed by atoms with Crippen LogP contribution in [0.25, 0.3) is 0 Å². The molecule has 0 bridgehead atoms. The number of hydrogen-bond donors (Lipinski definition) is 1. The van der Waals surface area contributed by atoms with Gasteiger partial charge in [-0.15, -0.1) is 13.2 Å². The molecule has 144 valence electrons. The average Bonchev–Trinajstić information content (AvgIpc) is 2.95. The minimum atomic E-state index is -4.75. The lowest BCUT2D eigenvalue weighted by atomic mass is 10.1. The predicted molar refractivity (Wildman–Crippen MR) is 84.6 cm³/mol. The number of alkyl halides is 3. The highest BCUT2D eigenvalue weighted by Gasteiger charge is 2.36. The van der Waals surface area contributed by atoms with Crippen LogP contribution in [-0.4, -0.2) is 54.0 Å². The van der Waals surface area contributed by atoms with Crippen LogP contribution < -0.4 is 4.74 Å². The van der Waals surface area contributed by atoms with Gasteiger partial charge in [0.25, 0.3) is 0 Å². The lowest BCUT2D eigenvalue weighted by Gasteiger charge is -2.23. The van der Waals surface area contributed by atoms with Crippen LogP contribution in [0.2, 0.25) is 0 Å². The van der Waals surface area contributed by atoms with E-state index in [1.807, 2.05) is 0 Å². The highest BCUT2D eigenvalue weighted by molar-refractivity contribution is 5.78. The molecule has 0 spiro atoms. The number of rotatable bonds is 7. The zero-order valence-electron chi connectivity index (χ0n) is 14.2. The first-order valence-electron chi connectivity index (χ1n) is 8.06. The van der Waals surface area contributed by atoms with Gasteiger partial charge in [0, 0.05) is 26.1 Å². The van der Waals surface area contributed by atoms with Crippen molar-refractivity contribution in [2.75, 3.05) is 13.7 Å². The van der Waals surface area contributed by atoms with Gasteiger partial charge in [-0.3, -0.25) is 9.59 Å². The third-order valence-corrected chi connectivity index (χ3v) is 4.22. The molecule has 1 saturated heterocycles. The topological polar surface area (TPSA) is 76.1 Å². The summed E-state index contributed by atoms with van der Waals surface area (Å²) in [6, 6.07) is 4.90. The fourth-order valence-corrected chi connectivity index (χ4v) is 3.00. The molecule has 1 aliphatic rings. The second-order valence-corrected chi connectivity index (χ2v) is 6.08. The minimum Gasteiger partial charge on any atom is -0.481 e. The van der Waals surface area contributed by atoms with E-state index in [-0.39, 0.29) is 30.6 Å². The van der Waals surface area contributed by atoms with Gasteiger partial charge in [-0.25, -0.2) is 0 Å². The highest BCUT2D eigenvalue weighted by Crippen LogP contribution is 2.25. The van der Waals surface area contributed by atoms with Crippen LogP contribution in [0.4, 0.5) is 13.2 Å². The lowest BCUT2D eigenvalue weighted by Crippen LogP contribution is -2.37. The number of carboxylic acids is 1. The first-order valence-corrected chi connectivity index (χ1v) is 8.06. The summed E-state index contributed by atoms with van der Waals surface area (Å²) in [4.78, 5) is 24.9. The normalized spacial score (nSPS) is 20.2. The molecule has 2 unspecified atom stereocenters. The van der Waals surface area contributed by atoms with Gasteiger partial charge in [-0.1, -0.05) is 12.1 Å². The number of nitrogens with zero attached hydrogens (tertiary/aromatic N) is 1. The third-order valence-electron chi connectivity index (χ3n) is 4.22. The smallest absolute Gasteiger partial charge is 0.481 e. The number of likely N-dealkylation sites (tertiary alicyclic amines) is 1. The number of carbonyl (C=O) groups is 2. The van der Waals surface area contributed by atoms with Crippen LogP contribution >= 0.6 is 0 Å². The zero-order chi connectivity index (χ0) is 19.3. The standard InChI is InChI=1S/C17H20F3NO5/c1-25-14-8-12(9-16(23)24)21(10-14)15(22)7-4-11-2-5-13(6-3-11)26-17(18,19)20/h2-3,5-6,12,14H,4,7-10H2,1H3,(H,23,24). The maximum Gasteiger partial charge on any atom is 0.573 e. The van der Waals surface area contributed by atoms with Crippen molar-refractivity contribution in [3.63, 3.8) is 0 Å². The molecule has 1 aromatic carbocycles. The van der Waals surface area contributed by atoms with Gasteiger partial charge in [0.1, 0.15) is 5.75 Å². The number of aryl methyl sites for hydroxylation is 1. The first-order chi connectivity index (χ1) is 12.2. The van der Waals surface area contributed by atoms with Gasteiger partial charge in [0.15, 0.2) is 0 Å². The molecule has 0 radical (unpaired) electrons. The molecule has 2 rings (SSSR count). The van der Waals surface area contributed by atoms with Crippen LogP contribution in [0.1, 0.15) is 24.8 Å². The second-order valence-electron chi connectivity index (χ2n) is 6.08. The molecule has 1 fully saturated rings. The van der Waals surface area contributed by atoms with Crippen molar-refractivity contribution in [3.05, 3.63) is 29.8 Å². The number of carbonyl (C=O) groups excluding carboxylic acids is 1. The Morgan fingerprint density at radius 3 is 2.46 bits per heavy atom. The summed E-state index contributed by atoms with van der Waals surface area (Å²) in [6.07, 6.45) is -4.15. The van der Waals surface area contributed by atoms with E-state index in [4.69, 9.17) is 9.84 Å². The van der Waals surface area contributed by atoms with E-state index >= 15 is 0 Å². The van der Waals surface area contributed by atoms with E-state index < -0.39 is 18.4 Å². The number of methoxy groups -OCH3 is 1. The fourth-order valence-electron chi connectivity index (χ4n) is 3.00. The van der Waals surface area contributed by atoms with Crippen LogP contribution in [0.5, 0.6) is 5.75 Å². The Morgan fingerprint density at radius 2 is 1.92 bits per heavy atom. The molecular formula is C17H20F3NO5.